The minimum Gasteiger partial charge on any atom is -0.422 e. The molecule has 0 aliphatic carbocycles. The third-order valence-corrected chi connectivity index (χ3v) is 8.65. The normalized spacial score (nSPS) is 16.9. The zero-order valence-electron chi connectivity index (χ0n) is 18.9. The zero-order valence-corrected chi connectivity index (χ0v) is 20.6. The first-order chi connectivity index (χ1) is 16.8. The highest BCUT2D eigenvalue weighted by Crippen LogP contribution is 2.27. The van der Waals surface area contributed by atoms with Crippen molar-refractivity contribution >= 4 is 43.4 Å². The first-order valence-electron chi connectivity index (χ1n) is 11.2. The fourth-order valence-electron chi connectivity index (χ4n) is 4.16. The highest BCUT2D eigenvalue weighted by atomic mass is 32.2. The Labute approximate surface area is 206 Å². The van der Waals surface area contributed by atoms with Gasteiger partial charge in [-0.15, -0.1) is 11.3 Å². The molecule has 0 radical (unpaired) electrons. The van der Waals surface area contributed by atoms with Gasteiger partial charge in [-0.25, -0.2) is 18.2 Å². The van der Waals surface area contributed by atoms with Crippen molar-refractivity contribution in [1.29, 1.82) is 0 Å². The van der Waals surface area contributed by atoms with Crippen LogP contribution in [0.1, 0.15) is 30.1 Å². The number of rotatable bonds is 5. The van der Waals surface area contributed by atoms with Gasteiger partial charge in [0.05, 0.1) is 16.2 Å². The number of hydrogen-bond acceptors (Lipinski definition) is 7. The molecular formula is C25H23N3O5S2. The molecule has 1 atom stereocenters. The second-order valence-corrected chi connectivity index (χ2v) is 11.4. The second-order valence-electron chi connectivity index (χ2n) is 8.61. The quantitative estimate of drug-likeness (QED) is 0.394. The van der Waals surface area contributed by atoms with Gasteiger partial charge in [-0.05, 0) is 55.2 Å². The number of nitrogens with one attached hydrogen (secondary N) is 1. The summed E-state index contributed by atoms with van der Waals surface area (Å²) in [6.07, 6.45) is 1.87. The number of aromatic nitrogens is 1. The zero-order chi connectivity index (χ0) is 24.6. The fraction of sp³-hybridized carbons (Fsp3) is 0.240. The number of amides is 1. The molecule has 35 heavy (non-hydrogen) atoms. The fourth-order valence-corrected chi connectivity index (χ4v) is 6.46. The molecule has 3 heterocycles. The minimum absolute atomic E-state index is 0.169. The van der Waals surface area contributed by atoms with Crippen LogP contribution in [0, 0.1) is 5.92 Å². The van der Waals surface area contributed by atoms with Gasteiger partial charge in [-0.1, -0.05) is 25.1 Å². The molecule has 1 unspecified atom stereocenters. The summed E-state index contributed by atoms with van der Waals surface area (Å²) < 4.78 is 32.7. The van der Waals surface area contributed by atoms with Gasteiger partial charge in [0, 0.05) is 29.4 Å². The topological polar surface area (TPSA) is 110 Å². The summed E-state index contributed by atoms with van der Waals surface area (Å²) in [5.41, 5.74) is 0.999. The van der Waals surface area contributed by atoms with Crippen LogP contribution in [-0.2, 0) is 10.0 Å². The third kappa shape index (κ3) is 4.77. The molecule has 1 aliphatic rings. The molecule has 10 heteroatoms. The van der Waals surface area contributed by atoms with Gasteiger partial charge in [0.25, 0.3) is 5.91 Å². The number of piperidine rings is 1. The molecule has 2 aromatic carbocycles. The van der Waals surface area contributed by atoms with Crippen molar-refractivity contribution in [2.45, 2.75) is 24.7 Å². The van der Waals surface area contributed by atoms with E-state index in [-0.39, 0.29) is 4.90 Å². The van der Waals surface area contributed by atoms with Crippen molar-refractivity contribution < 1.29 is 17.6 Å². The molecule has 0 bridgehead atoms. The molecule has 1 amide bonds. The van der Waals surface area contributed by atoms with Gasteiger partial charge in [0.15, 0.2) is 5.13 Å². The lowest BCUT2D eigenvalue weighted by Gasteiger charge is -2.30. The average molecular weight is 510 g/mol. The Balaban J connectivity index is 1.31. The van der Waals surface area contributed by atoms with E-state index in [2.05, 4.69) is 10.3 Å². The highest BCUT2D eigenvalue weighted by Gasteiger charge is 2.28. The summed E-state index contributed by atoms with van der Waals surface area (Å²) in [4.78, 5) is 29.6. The minimum atomic E-state index is -3.59. The first-order valence-corrected chi connectivity index (χ1v) is 13.5. The summed E-state index contributed by atoms with van der Waals surface area (Å²) in [7, 11) is -3.59. The van der Waals surface area contributed by atoms with E-state index in [1.54, 1.807) is 23.6 Å². The van der Waals surface area contributed by atoms with E-state index < -0.39 is 21.6 Å². The molecule has 4 aromatic rings. The Hall–Kier alpha value is -3.34. The van der Waals surface area contributed by atoms with Crippen LogP contribution in [-0.4, -0.2) is 36.7 Å². The lowest BCUT2D eigenvalue weighted by molar-refractivity contribution is 0.102. The van der Waals surface area contributed by atoms with Gasteiger partial charge in [0.1, 0.15) is 5.58 Å². The van der Waals surface area contributed by atoms with Crippen molar-refractivity contribution in [3.05, 3.63) is 76.0 Å². The second kappa shape index (κ2) is 9.37. The summed E-state index contributed by atoms with van der Waals surface area (Å²) in [6.45, 7) is 3.06. The van der Waals surface area contributed by atoms with Crippen LogP contribution in [0.5, 0.6) is 0 Å². The Bertz CT molecular complexity index is 1560. The van der Waals surface area contributed by atoms with Crippen LogP contribution in [0.25, 0.3) is 22.2 Å². The molecule has 1 fully saturated rings. The average Bonchev–Trinajstić information content (AvgIpc) is 3.31. The van der Waals surface area contributed by atoms with Crippen LogP contribution in [0.2, 0.25) is 0 Å². The van der Waals surface area contributed by atoms with E-state index >= 15 is 0 Å². The number of hydrogen-bond donors (Lipinski definition) is 1. The molecule has 1 N–H and O–H groups in total. The van der Waals surface area contributed by atoms with Gasteiger partial charge < -0.3 is 4.42 Å². The van der Waals surface area contributed by atoms with Crippen LogP contribution >= 0.6 is 11.3 Å². The number of carbonyl (C=O) groups excluding carboxylic acids is 1. The number of sulfonamides is 1. The Morgan fingerprint density at radius 2 is 1.94 bits per heavy atom. The first kappa shape index (κ1) is 23.4. The molecule has 0 spiro atoms. The standard InChI is InChI=1S/C25H23N3O5S2/c1-16-5-4-12-28(14-16)35(31,32)19-10-8-17(9-11-19)23(29)27-25-26-21(15-34-25)20-13-18-6-2-3-7-22(18)33-24(20)30/h2-3,6-11,13,15-16H,4-5,12,14H2,1H3,(H,26,27,29). The molecule has 0 saturated carbocycles. The Morgan fingerprint density at radius 1 is 1.17 bits per heavy atom. The van der Waals surface area contributed by atoms with Crippen molar-refractivity contribution in [1.82, 2.24) is 9.29 Å². The number of carbonyl (C=O) groups is 1. The lowest BCUT2D eigenvalue weighted by Crippen LogP contribution is -2.39. The molecule has 8 nitrogen and oxygen atoms in total. The van der Waals surface area contributed by atoms with Crippen molar-refractivity contribution in [3.63, 3.8) is 0 Å². The number of nitrogens with zero attached hydrogens (tertiary/aromatic N) is 2. The summed E-state index contributed by atoms with van der Waals surface area (Å²) in [5, 5.41) is 5.47. The SMILES string of the molecule is CC1CCCN(S(=O)(=O)c2ccc(C(=O)Nc3nc(-c4cc5ccccc5oc4=O)cs3)cc2)C1. The molecule has 1 aliphatic heterocycles. The monoisotopic (exact) mass is 509 g/mol. The van der Waals surface area contributed by atoms with E-state index in [1.165, 1.54) is 39.9 Å². The molecular weight excluding hydrogens is 486 g/mol. The van der Waals surface area contributed by atoms with E-state index in [1.807, 2.05) is 19.1 Å². The predicted molar refractivity (Wildman–Crippen MR) is 135 cm³/mol. The van der Waals surface area contributed by atoms with E-state index in [0.717, 1.165) is 18.2 Å². The summed E-state index contributed by atoms with van der Waals surface area (Å²) >= 11 is 1.18. The predicted octanol–water partition coefficient (Wildman–Crippen LogP) is 4.59. The maximum absolute atomic E-state index is 12.9. The number of fused-ring (bicyclic) bond motifs is 1. The number of benzene rings is 2. The number of anilines is 1. The molecule has 1 saturated heterocycles. The lowest BCUT2D eigenvalue weighted by atomic mass is 10.0. The molecule has 2 aromatic heterocycles. The third-order valence-electron chi connectivity index (χ3n) is 6.02. The van der Waals surface area contributed by atoms with Crippen molar-refractivity contribution in [3.8, 4) is 11.3 Å². The van der Waals surface area contributed by atoms with E-state index in [0.29, 0.717) is 46.5 Å². The maximum Gasteiger partial charge on any atom is 0.345 e. The van der Waals surface area contributed by atoms with Crippen LogP contribution in [0.15, 0.2) is 74.1 Å². The van der Waals surface area contributed by atoms with Crippen molar-refractivity contribution in [2.75, 3.05) is 18.4 Å². The van der Waals surface area contributed by atoms with Crippen LogP contribution in [0.4, 0.5) is 5.13 Å². The number of thiazole rings is 1. The van der Waals surface area contributed by atoms with E-state index in [4.69, 9.17) is 4.42 Å². The largest absolute Gasteiger partial charge is 0.422 e. The Morgan fingerprint density at radius 3 is 2.71 bits per heavy atom. The smallest absolute Gasteiger partial charge is 0.345 e. The Kier molecular flexibility index (Phi) is 6.26. The van der Waals surface area contributed by atoms with E-state index in [9.17, 15) is 18.0 Å². The summed E-state index contributed by atoms with van der Waals surface area (Å²) in [6, 6.07) is 14.8. The molecule has 180 valence electrons. The van der Waals surface area contributed by atoms with Gasteiger partial charge in [-0.3, -0.25) is 10.1 Å². The van der Waals surface area contributed by atoms with Gasteiger partial charge in [-0.2, -0.15) is 4.31 Å². The van der Waals surface area contributed by atoms with Crippen molar-refractivity contribution in [2.24, 2.45) is 5.92 Å². The van der Waals surface area contributed by atoms with Crippen LogP contribution < -0.4 is 10.9 Å². The number of para-hydroxylation sites is 1. The summed E-state index contributed by atoms with van der Waals surface area (Å²) in [5.74, 6) is -0.0975. The highest BCUT2D eigenvalue weighted by molar-refractivity contribution is 7.89. The van der Waals surface area contributed by atoms with Crippen LogP contribution in [0.3, 0.4) is 0 Å². The maximum atomic E-state index is 12.9. The van der Waals surface area contributed by atoms with Gasteiger partial charge >= 0.3 is 5.63 Å². The molecule has 5 rings (SSSR count). The van der Waals surface area contributed by atoms with Gasteiger partial charge in [0.2, 0.25) is 10.0 Å².